The third-order valence-corrected chi connectivity index (χ3v) is 15.4. The summed E-state index contributed by atoms with van der Waals surface area (Å²) in [4.78, 5) is 48.2. The number of nitrogens with zero attached hydrogens (tertiary/aromatic N) is 2. The maximum absolute atomic E-state index is 14.7. The molecule has 3 heterocycles. The van der Waals surface area contributed by atoms with Gasteiger partial charge in [-0.15, -0.1) is 0 Å². The van der Waals surface area contributed by atoms with E-state index in [2.05, 4.69) is 16.0 Å². The largest absolute Gasteiger partial charge is 0.459 e. The van der Waals surface area contributed by atoms with Gasteiger partial charge in [-0.1, -0.05) is 71.9 Å². The summed E-state index contributed by atoms with van der Waals surface area (Å²) in [5, 5.41) is 42.2. The molecule has 4 rings (SSSR count). The molecule has 0 bridgehead atoms. The molecule has 4 fully saturated rings. The van der Waals surface area contributed by atoms with Gasteiger partial charge >= 0.3 is 18.0 Å². The van der Waals surface area contributed by atoms with Gasteiger partial charge in [0.05, 0.1) is 53.8 Å². The molecule has 3 saturated heterocycles. The number of cyclic esters (lactones) is 1. The number of amides is 1. The Morgan fingerprint density at radius 3 is 2.17 bits per heavy atom. The number of hydrazine groups is 1. The van der Waals surface area contributed by atoms with Crippen LogP contribution in [0.2, 0.25) is 0 Å². The molecule has 0 aromatic carbocycles. The molecule has 1 unspecified atom stereocenters. The second-order valence-electron chi connectivity index (χ2n) is 21.7. The van der Waals surface area contributed by atoms with Crippen LogP contribution in [-0.4, -0.2) is 163 Å². The highest BCUT2D eigenvalue weighted by Gasteiger charge is 2.55. The number of hydrogen-bond acceptors (Lipinski definition) is 18. The van der Waals surface area contributed by atoms with Crippen LogP contribution in [0.4, 0.5) is 4.79 Å². The van der Waals surface area contributed by atoms with Crippen molar-refractivity contribution in [3.8, 4) is 0 Å². The molecule has 19 nitrogen and oxygen atoms in total. The summed E-state index contributed by atoms with van der Waals surface area (Å²) >= 11 is 0. The predicted molar refractivity (Wildman–Crippen MR) is 261 cm³/mol. The van der Waals surface area contributed by atoms with Crippen molar-refractivity contribution in [3.63, 3.8) is 0 Å². The van der Waals surface area contributed by atoms with Gasteiger partial charge in [0.25, 0.3) is 0 Å². The summed E-state index contributed by atoms with van der Waals surface area (Å²) in [6.07, 6.45) is -2.37. The van der Waals surface area contributed by atoms with Gasteiger partial charge in [0, 0.05) is 44.8 Å². The van der Waals surface area contributed by atoms with Crippen molar-refractivity contribution < 1.29 is 72.4 Å². The minimum absolute atomic E-state index is 0.0250. The van der Waals surface area contributed by atoms with Crippen molar-refractivity contribution in [2.45, 2.75) is 238 Å². The van der Waals surface area contributed by atoms with E-state index in [9.17, 15) is 29.7 Å². The maximum atomic E-state index is 14.7. The fraction of sp³-hybridized carbons (Fsp3) is 0.922. The number of carbonyl (C=O) groups excluding carboxylic acids is 3. The Morgan fingerprint density at radius 2 is 1.57 bits per heavy atom. The van der Waals surface area contributed by atoms with E-state index in [0.717, 1.165) is 12.8 Å². The summed E-state index contributed by atoms with van der Waals surface area (Å²) in [7, 11) is 5.25. The van der Waals surface area contributed by atoms with Gasteiger partial charge in [-0.2, -0.15) is 0 Å². The van der Waals surface area contributed by atoms with Crippen LogP contribution in [0.15, 0.2) is 5.16 Å². The highest BCUT2D eigenvalue weighted by molar-refractivity contribution is 5.88. The predicted octanol–water partition coefficient (Wildman–Crippen LogP) is 5.78. The number of nitrogens with one attached hydrogen (secondary N) is 2. The van der Waals surface area contributed by atoms with E-state index in [0.29, 0.717) is 31.2 Å². The van der Waals surface area contributed by atoms with Gasteiger partial charge in [0.2, 0.25) is 0 Å². The van der Waals surface area contributed by atoms with Crippen molar-refractivity contribution >= 4 is 23.7 Å². The lowest BCUT2D eigenvalue weighted by atomic mass is 9.73. The van der Waals surface area contributed by atoms with Crippen molar-refractivity contribution in [2.24, 2.45) is 34.7 Å². The number of aliphatic hydroxyl groups excluding tert-OH is 1. The van der Waals surface area contributed by atoms with Crippen molar-refractivity contribution in [1.82, 2.24) is 15.8 Å². The molecule has 0 spiro atoms. The van der Waals surface area contributed by atoms with Gasteiger partial charge in [0.15, 0.2) is 24.8 Å². The SMILES string of the molecule is CCNNC(=O)O[C@H]1[C@H](O[C@@H]2[C@@H](C)[C@H](O[C@H]3C[C@@](C)(OC)[C@@H](OC(C)=O)[C@H](C)O3)[C@@H](C)C(=O)O[C@@H](CC)[C@@](C)(O)[C@H](O)[C@H](C)/C(=N/OCCCC3CCCCC3)[C@H](C)CC2(C)O)O[C@H](C)C[C@@H]1N(C)C. The number of esters is 2. The number of ether oxygens (including phenoxy) is 8. The van der Waals surface area contributed by atoms with E-state index in [1.807, 2.05) is 39.8 Å². The Labute approximate surface area is 418 Å². The van der Waals surface area contributed by atoms with Crippen LogP contribution in [0, 0.1) is 29.6 Å². The van der Waals surface area contributed by atoms with Crippen molar-refractivity contribution in [2.75, 3.05) is 34.4 Å². The average Bonchev–Trinajstić information content (AvgIpc) is 3.29. The number of oxime groups is 1. The Hall–Kier alpha value is -2.72. The number of carbonyl (C=O) groups is 3. The molecule has 0 aromatic heterocycles. The van der Waals surface area contributed by atoms with Crippen LogP contribution in [0.1, 0.15) is 154 Å². The number of rotatable bonds is 16. The van der Waals surface area contributed by atoms with Gasteiger partial charge in [-0.05, 0) is 93.7 Å². The molecule has 0 aromatic rings. The minimum Gasteiger partial charge on any atom is -0.459 e. The van der Waals surface area contributed by atoms with Crippen LogP contribution in [0.25, 0.3) is 0 Å². The topological polar surface area (TPSA) is 235 Å². The molecule has 1 aliphatic carbocycles. The summed E-state index contributed by atoms with van der Waals surface area (Å²) in [6.45, 7) is 21.2. The molecule has 406 valence electrons. The Balaban J connectivity index is 1.87. The molecule has 1 amide bonds. The first-order valence-electron chi connectivity index (χ1n) is 26.0. The average molecular weight is 1000 g/mol. The minimum atomic E-state index is -1.97. The van der Waals surface area contributed by atoms with E-state index in [1.165, 1.54) is 53.1 Å². The van der Waals surface area contributed by atoms with Gasteiger partial charge in [-0.3, -0.25) is 15.0 Å². The first-order chi connectivity index (χ1) is 32.8. The van der Waals surface area contributed by atoms with Crippen LogP contribution in [0.3, 0.4) is 0 Å². The molecule has 0 radical (unpaired) electrons. The smallest absolute Gasteiger partial charge is 0.422 e. The lowest BCUT2D eigenvalue weighted by Gasteiger charge is -2.49. The highest BCUT2D eigenvalue weighted by Crippen LogP contribution is 2.42. The molecule has 5 N–H and O–H groups in total. The monoisotopic (exact) mass is 1000 g/mol. The van der Waals surface area contributed by atoms with Gasteiger partial charge in [0.1, 0.15) is 23.9 Å². The second-order valence-corrected chi connectivity index (χ2v) is 21.7. The summed E-state index contributed by atoms with van der Waals surface area (Å²) in [6, 6.07) is -0.385. The van der Waals surface area contributed by atoms with E-state index < -0.39 is 114 Å². The highest BCUT2D eigenvalue weighted by atomic mass is 16.7. The standard InChI is InChI=1S/C51H92N4O15/c1-16-38-51(12,61)43(57)31(5)40(54-63-25-21-24-36-22-19-18-20-23-36)29(3)27-49(10,60)44(70-47-42(69-48(59)53-52-17-2)37(55(13)14)26-30(4)64-47)32(6)41(33(7)46(58)67-38)68-39-28-50(11,62-15)45(34(8)65-39)66-35(9)56/h29-34,36-39,41-45,47,52,57,60-61H,16-28H2,1-15H3,(H,53,59)/b54-40+/t29-,30-,31-,32+,33-,34+,37+,38+,39+,41+,42-,43-,44-,45+,47+,49?,50-,51-/m1/s1. The third-order valence-electron chi connectivity index (χ3n) is 15.4. The first-order valence-corrected chi connectivity index (χ1v) is 26.0. The molecule has 1 saturated carbocycles. The third kappa shape index (κ3) is 15.4. The normalized spacial score (nSPS) is 41.3. The number of likely N-dealkylation sites (N-methyl/N-ethyl adjacent to an activating group) is 1. The molecule has 18 atom stereocenters. The van der Waals surface area contributed by atoms with Crippen LogP contribution in [0.5, 0.6) is 0 Å². The zero-order valence-corrected chi connectivity index (χ0v) is 45.1. The molecule has 3 aliphatic heterocycles. The number of methoxy groups -OCH3 is 1. The van der Waals surface area contributed by atoms with E-state index in [-0.39, 0.29) is 31.4 Å². The summed E-state index contributed by atoms with van der Waals surface area (Å²) in [5.74, 6) is -4.07. The van der Waals surface area contributed by atoms with Crippen molar-refractivity contribution in [1.29, 1.82) is 0 Å². The number of aliphatic hydroxyl groups is 3. The fourth-order valence-electron chi connectivity index (χ4n) is 11.4. The maximum Gasteiger partial charge on any atom is 0.422 e. The zero-order chi connectivity index (χ0) is 52.3. The van der Waals surface area contributed by atoms with Gasteiger partial charge < -0.3 is 63.0 Å². The Bertz CT molecular complexity index is 1680. The molecule has 19 heteroatoms. The zero-order valence-electron chi connectivity index (χ0n) is 45.1. The Morgan fingerprint density at radius 1 is 0.900 bits per heavy atom. The first kappa shape index (κ1) is 59.8. The molecule has 70 heavy (non-hydrogen) atoms. The summed E-state index contributed by atoms with van der Waals surface area (Å²) < 4.78 is 50.9. The second kappa shape index (κ2) is 26.5. The quantitative estimate of drug-likeness (QED) is 0.0534. The van der Waals surface area contributed by atoms with E-state index in [1.54, 1.807) is 48.5 Å². The Kier molecular flexibility index (Phi) is 22.6. The van der Waals surface area contributed by atoms with E-state index >= 15 is 0 Å². The molecular formula is C51H92N4O15. The lowest BCUT2D eigenvalue weighted by Crippen LogP contribution is -2.62. The number of hydrogen-bond donors (Lipinski definition) is 5. The van der Waals surface area contributed by atoms with Crippen LogP contribution in [-0.2, 0) is 52.3 Å². The summed E-state index contributed by atoms with van der Waals surface area (Å²) in [5.41, 5.74) is 0.843. The van der Waals surface area contributed by atoms with Gasteiger partial charge in [-0.25, -0.2) is 10.2 Å². The van der Waals surface area contributed by atoms with E-state index in [4.69, 9.17) is 42.7 Å². The van der Waals surface area contributed by atoms with Crippen LogP contribution >= 0.6 is 0 Å². The van der Waals surface area contributed by atoms with Crippen LogP contribution < -0.4 is 10.9 Å². The molecular weight excluding hydrogens is 909 g/mol. The fourth-order valence-corrected chi connectivity index (χ4v) is 11.4. The molecule has 4 aliphatic rings. The van der Waals surface area contributed by atoms with Crippen molar-refractivity contribution in [3.05, 3.63) is 0 Å². The lowest BCUT2D eigenvalue weighted by molar-refractivity contribution is -0.318.